The molecule has 2 fully saturated rings. The van der Waals surface area contributed by atoms with E-state index in [1.54, 1.807) is 0 Å². The normalized spacial score (nSPS) is 25.0. The van der Waals surface area contributed by atoms with Crippen molar-refractivity contribution >= 4 is 11.9 Å². The molecule has 6 heteroatoms. The van der Waals surface area contributed by atoms with Crippen molar-refractivity contribution in [3.8, 4) is 0 Å². The standard InChI is InChI=1S/C17H32N4O2/c1-13(2)9-19-17(23)21-7-4-5-15(12-21)16(22)20-8-6-14(11-20)10-18-3/h13-15,18H,4-12H2,1-3H3,(H,19,23). The fourth-order valence-corrected chi connectivity index (χ4v) is 3.51. The monoisotopic (exact) mass is 324 g/mol. The second-order valence-corrected chi connectivity index (χ2v) is 7.36. The lowest BCUT2D eigenvalue weighted by atomic mass is 9.97. The minimum absolute atomic E-state index is 0.0225. The summed E-state index contributed by atoms with van der Waals surface area (Å²) in [6.45, 7) is 8.86. The van der Waals surface area contributed by atoms with E-state index in [9.17, 15) is 9.59 Å². The quantitative estimate of drug-likeness (QED) is 0.797. The van der Waals surface area contributed by atoms with Crippen LogP contribution < -0.4 is 10.6 Å². The number of hydrogen-bond donors (Lipinski definition) is 2. The summed E-state index contributed by atoms with van der Waals surface area (Å²) in [6.07, 6.45) is 2.90. The molecule has 132 valence electrons. The molecule has 0 saturated carbocycles. The average molecular weight is 324 g/mol. The van der Waals surface area contributed by atoms with Gasteiger partial charge < -0.3 is 20.4 Å². The first-order chi connectivity index (χ1) is 11.0. The van der Waals surface area contributed by atoms with E-state index in [2.05, 4.69) is 24.5 Å². The van der Waals surface area contributed by atoms with Gasteiger partial charge in [0.15, 0.2) is 0 Å². The number of urea groups is 1. The number of carbonyl (C=O) groups excluding carboxylic acids is 2. The maximum atomic E-state index is 12.7. The predicted octanol–water partition coefficient (Wildman–Crippen LogP) is 1.13. The lowest BCUT2D eigenvalue weighted by Gasteiger charge is -2.34. The molecular weight excluding hydrogens is 292 g/mol. The maximum absolute atomic E-state index is 12.7. The van der Waals surface area contributed by atoms with Gasteiger partial charge in [0.25, 0.3) is 0 Å². The molecule has 2 aliphatic rings. The van der Waals surface area contributed by atoms with Gasteiger partial charge in [-0.2, -0.15) is 0 Å². The van der Waals surface area contributed by atoms with Crippen molar-refractivity contribution < 1.29 is 9.59 Å². The maximum Gasteiger partial charge on any atom is 0.317 e. The van der Waals surface area contributed by atoms with E-state index in [1.807, 2.05) is 16.8 Å². The third-order valence-corrected chi connectivity index (χ3v) is 4.81. The SMILES string of the molecule is CNCC1CCN(C(=O)C2CCCN(C(=O)NCC(C)C)C2)C1. The zero-order valence-corrected chi connectivity index (χ0v) is 14.8. The third-order valence-electron chi connectivity index (χ3n) is 4.81. The van der Waals surface area contributed by atoms with E-state index in [-0.39, 0.29) is 17.9 Å². The van der Waals surface area contributed by atoms with Crippen LogP contribution in [-0.4, -0.2) is 68.1 Å². The molecule has 3 amide bonds. The van der Waals surface area contributed by atoms with Gasteiger partial charge in [-0.25, -0.2) is 4.79 Å². The second kappa shape index (κ2) is 8.52. The topological polar surface area (TPSA) is 64.7 Å². The van der Waals surface area contributed by atoms with Gasteiger partial charge in [-0.05, 0) is 44.7 Å². The Morgan fingerprint density at radius 2 is 1.91 bits per heavy atom. The summed E-state index contributed by atoms with van der Waals surface area (Å²) < 4.78 is 0. The Morgan fingerprint density at radius 1 is 1.13 bits per heavy atom. The van der Waals surface area contributed by atoms with Gasteiger partial charge in [-0.15, -0.1) is 0 Å². The molecule has 0 aliphatic carbocycles. The fourth-order valence-electron chi connectivity index (χ4n) is 3.51. The molecule has 23 heavy (non-hydrogen) atoms. The highest BCUT2D eigenvalue weighted by Crippen LogP contribution is 2.23. The highest BCUT2D eigenvalue weighted by Gasteiger charge is 2.34. The van der Waals surface area contributed by atoms with Crippen molar-refractivity contribution in [2.75, 3.05) is 46.3 Å². The van der Waals surface area contributed by atoms with Crippen molar-refractivity contribution in [2.45, 2.75) is 33.1 Å². The molecule has 2 N–H and O–H groups in total. The first-order valence-corrected chi connectivity index (χ1v) is 8.97. The van der Waals surface area contributed by atoms with Gasteiger partial charge in [0.05, 0.1) is 5.92 Å². The van der Waals surface area contributed by atoms with Crippen LogP contribution in [0.2, 0.25) is 0 Å². The minimum atomic E-state index is -0.0260. The number of nitrogens with one attached hydrogen (secondary N) is 2. The second-order valence-electron chi connectivity index (χ2n) is 7.36. The summed E-state index contributed by atoms with van der Waals surface area (Å²) in [5.41, 5.74) is 0. The van der Waals surface area contributed by atoms with Crippen LogP contribution in [-0.2, 0) is 4.79 Å². The molecular formula is C17H32N4O2. The fraction of sp³-hybridized carbons (Fsp3) is 0.882. The smallest absolute Gasteiger partial charge is 0.317 e. The van der Waals surface area contributed by atoms with Gasteiger partial charge in [0, 0.05) is 32.7 Å². The summed E-state index contributed by atoms with van der Waals surface area (Å²) in [7, 11) is 1.96. The first kappa shape index (κ1) is 18.0. The van der Waals surface area contributed by atoms with E-state index >= 15 is 0 Å². The van der Waals surface area contributed by atoms with Gasteiger partial charge in [0.2, 0.25) is 5.91 Å². The number of likely N-dealkylation sites (tertiary alicyclic amines) is 2. The highest BCUT2D eigenvalue weighted by molar-refractivity contribution is 5.81. The zero-order valence-electron chi connectivity index (χ0n) is 14.8. The molecule has 2 atom stereocenters. The Kier molecular flexibility index (Phi) is 6.69. The van der Waals surface area contributed by atoms with E-state index in [0.717, 1.165) is 45.4 Å². The Hall–Kier alpha value is -1.30. The van der Waals surface area contributed by atoms with Crippen LogP contribution >= 0.6 is 0 Å². The molecule has 2 unspecified atom stereocenters. The lowest BCUT2D eigenvalue weighted by Crippen LogP contribution is -2.49. The van der Waals surface area contributed by atoms with Gasteiger partial charge in [-0.3, -0.25) is 4.79 Å². The Bertz CT molecular complexity index is 413. The molecule has 0 aromatic carbocycles. The minimum Gasteiger partial charge on any atom is -0.342 e. The van der Waals surface area contributed by atoms with E-state index in [4.69, 9.17) is 0 Å². The summed E-state index contributed by atoms with van der Waals surface area (Å²) in [4.78, 5) is 28.8. The Morgan fingerprint density at radius 3 is 2.61 bits per heavy atom. The molecule has 0 bridgehead atoms. The van der Waals surface area contributed by atoms with Gasteiger partial charge in [0.1, 0.15) is 0 Å². The molecule has 2 aliphatic heterocycles. The number of piperidine rings is 1. The molecule has 2 saturated heterocycles. The van der Waals surface area contributed by atoms with Crippen molar-refractivity contribution in [3.63, 3.8) is 0 Å². The van der Waals surface area contributed by atoms with Crippen LogP contribution in [0.3, 0.4) is 0 Å². The van der Waals surface area contributed by atoms with Crippen LogP contribution in [0.1, 0.15) is 33.1 Å². The van der Waals surface area contributed by atoms with Crippen molar-refractivity contribution in [3.05, 3.63) is 0 Å². The third kappa shape index (κ3) is 5.09. The number of hydrogen-bond acceptors (Lipinski definition) is 3. The van der Waals surface area contributed by atoms with Gasteiger partial charge >= 0.3 is 6.03 Å². The Balaban J connectivity index is 1.83. The van der Waals surface area contributed by atoms with Crippen LogP contribution in [0.5, 0.6) is 0 Å². The summed E-state index contributed by atoms with van der Waals surface area (Å²) >= 11 is 0. The number of carbonyl (C=O) groups is 2. The van der Waals surface area contributed by atoms with Crippen LogP contribution in [0.4, 0.5) is 4.79 Å². The zero-order chi connectivity index (χ0) is 16.8. The molecule has 6 nitrogen and oxygen atoms in total. The largest absolute Gasteiger partial charge is 0.342 e. The van der Waals surface area contributed by atoms with Crippen LogP contribution in [0, 0.1) is 17.8 Å². The number of nitrogens with zero attached hydrogens (tertiary/aromatic N) is 2. The molecule has 0 radical (unpaired) electrons. The number of amides is 3. The van der Waals surface area contributed by atoms with E-state index < -0.39 is 0 Å². The molecule has 0 spiro atoms. The van der Waals surface area contributed by atoms with Crippen molar-refractivity contribution in [2.24, 2.45) is 17.8 Å². The summed E-state index contributed by atoms with van der Waals surface area (Å²) in [6, 6.07) is -0.0225. The molecule has 0 aromatic rings. The lowest BCUT2D eigenvalue weighted by molar-refractivity contribution is -0.135. The van der Waals surface area contributed by atoms with Crippen molar-refractivity contribution in [1.82, 2.24) is 20.4 Å². The molecule has 2 rings (SSSR count). The first-order valence-electron chi connectivity index (χ1n) is 8.97. The van der Waals surface area contributed by atoms with Crippen LogP contribution in [0.25, 0.3) is 0 Å². The van der Waals surface area contributed by atoms with Gasteiger partial charge in [-0.1, -0.05) is 13.8 Å². The Labute approximate surface area is 140 Å². The van der Waals surface area contributed by atoms with E-state index in [0.29, 0.717) is 24.9 Å². The molecule has 0 aromatic heterocycles. The average Bonchev–Trinajstić information content (AvgIpc) is 3.01. The van der Waals surface area contributed by atoms with Crippen molar-refractivity contribution in [1.29, 1.82) is 0 Å². The highest BCUT2D eigenvalue weighted by atomic mass is 16.2. The predicted molar refractivity (Wildman–Crippen MR) is 91.1 cm³/mol. The summed E-state index contributed by atoms with van der Waals surface area (Å²) in [5, 5.41) is 6.15. The molecule has 2 heterocycles. The summed E-state index contributed by atoms with van der Waals surface area (Å²) in [5.74, 6) is 1.22. The van der Waals surface area contributed by atoms with E-state index in [1.165, 1.54) is 0 Å². The number of rotatable bonds is 5. The van der Waals surface area contributed by atoms with Crippen LogP contribution in [0.15, 0.2) is 0 Å².